The molecule has 0 atom stereocenters. The summed E-state index contributed by atoms with van der Waals surface area (Å²) in [6, 6.07) is 20.9. The van der Waals surface area contributed by atoms with Crippen LogP contribution in [0.2, 0.25) is 0 Å². The van der Waals surface area contributed by atoms with Gasteiger partial charge in [-0.25, -0.2) is 8.42 Å². The van der Waals surface area contributed by atoms with Crippen molar-refractivity contribution >= 4 is 58.0 Å². The number of phenolic OH excluding ortho intramolecular Hbond substituents is 1. The van der Waals surface area contributed by atoms with Gasteiger partial charge in [0.05, 0.1) is 4.90 Å². The fraction of sp³-hybridized carbons (Fsp3) is 0.429. The van der Waals surface area contributed by atoms with E-state index in [4.69, 9.17) is 9.47 Å². The van der Waals surface area contributed by atoms with Crippen LogP contribution in [0.25, 0.3) is 0 Å². The average Bonchev–Trinajstić information content (AvgIpc) is 3.13. The van der Waals surface area contributed by atoms with Crippen molar-refractivity contribution in [2.75, 3.05) is 0 Å². The van der Waals surface area contributed by atoms with Crippen molar-refractivity contribution < 1.29 is 45.6 Å². The molecule has 0 heterocycles. The maximum Gasteiger partial charge on any atom is 2.00 e. The van der Waals surface area contributed by atoms with Crippen molar-refractivity contribution in [1.82, 2.24) is 0 Å². The third-order valence-electron chi connectivity index (χ3n) is 8.86. The zero-order chi connectivity index (χ0) is 39.4. The van der Waals surface area contributed by atoms with Crippen LogP contribution in [0.5, 0.6) is 34.5 Å². The van der Waals surface area contributed by atoms with Gasteiger partial charge in [-0.2, -0.15) is 8.42 Å². The van der Waals surface area contributed by atoms with Crippen LogP contribution in [0, 0.1) is 0 Å². The summed E-state index contributed by atoms with van der Waals surface area (Å²) in [6.45, 7) is 4.39. The Morgan fingerprint density at radius 1 is 0.545 bits per heavy atom. The number of aryl methyl sites for hydroxylation is 2. The van der Waals surface area contributed by atoms with Gasteiger partial charge in [0, 0.05) is 0 Å². The van der Waals surface area contributed by atoms with Gasteiger partial charge < -0.3 is 24.2 Å². The summed E-state index contributed by atoms with van der Waals surface area (Å²) in [6.07, 6.45) is 17.7. The van der Waals surface area contributed by atoms with E-state index in [2.05, 4.69) is 13.8 Å². The Kier molecular flexibility index (Phi) is 22.3. The molecule has 0 radical (unpaired) electrons. The smallest absolute Gasteiger partial charge is 0.872 e. The van der Waals surface area contributed by atoms with E-state index in [1.807, 2.05) is 0 Å². The summed E-state index contributed by atoms with van der Waals surface area (Å²) in [5, 5.41) is 21.5. The molecule has 0 saturated carbocycles. The number of ether oxygens (including phenoxy) is 2. The summed E-state index contributed by atoms with van der Waals surface area (Å²) in [5.41, 5.74) is 1.54. The first-order valence-electron chi connectivity index (χ1n) is 18.9. The zero-order valence-electron chi connectivity index (χ0n) is 32.1. The van der Waals surface area contributed by atoms with E-state index in [9.17, 15) is 36.2 Å². The molecule has 0 aromatic heterocycles. The van der Waals surface area contributed by atoms with Crippen molar-refractivity contribution in [3.8, 4) is 34.5 Å². The minimum atomic E-state index is -4.64. The molecule has 0 spiro atoms. The Morgan fingerprint density at radius 2 is 0.964 bits per heavy atom. The van der Waals surface area contributed by atoms with Gasteiger partial charge in [0.2, 0.25) is 0 Å². The van der Waals surface area contributed by atoms with Gasteiger partial charge >= 0.3 is 37.7 Å². The van der Waals surface area contributed by atoms with Crippen molar-refractivity contribution in [3.05, 3.63) is 96.1 Å². The number of rotatable bonds is 22. The van der Waals surface area contributed by atoms with E-state index in [0.717, 1.165) is 49.7 Å². The first-order chi connectivity index (χ1) is 25.8. The quantitative estimate of drug-likeness (QED) is 0.0441. The van der Waals surface area contributed by atoms with E-state index in [1.165, 1.54) is 118 Å². The molecule has 0 aliphatic rings. The topological polar surface area (TPSA) is 173 Å². The number of para-hydroxylation sites is 2. The van der Waals surface area contributed by atoms with Crippen LogP contribution in [-0.2, 0) is 33.1 Å². The molecule has 0 unspecified atom stereocenters. The first kappa shape index (κ1) is 48.3. The minimum absolute atomic E-state index is 0. The molecule has 4 aromatic carbocycles. The second kappa shape index (κ2) is 25.4. The molecule has 55 heavy (non-hydrogen) atoms. The number of benzene rings is 4. The molecule has 4 rings (SSSR count). The molecule has 0 saturated heterocycles. The molecule has 13 heteroatoms. The molecule has 0 amide bonds. The fourth-order valence-corrected chi connectivity index (χ4v) is 7.20. The Hall–Kier alpha value is -2.84. The Morgan fingerprint density at radius 3 is 1.45 bits per heavy atom. The van der Waals surface area contributed by atoms with E-state index < -0.39 is 25.1 Å². The van der Waals surface area contributed by atoms with Crippen molar-refractivity contribution in [1.29, 1.82) is 0 Å². The number of hydrogen-bond donors (Lipinski definition) is 2. The monoisotopic (exact) mass is 822 g/mol. The number of unbranched alkanes of at least 4 members (excludes halogenated alkanes) is 12. The van der Waals surface area contributed by atoms with Crippen LogP contribution in [0.1, 0.15) is 115 Å². The van der Waals surface area contributed by atoms with Crippen LogP contribution in [-0.4, -0.2) is 68.8 Å². The van der Waals surface area contributed by atoms with Gasteiger partial charge in [0.25, 0.3) is 10.1 Å². The molecule has 0 aliphatic carbocycles. The summed E-state index contributed by atoms with van der Waals surface area (Å²) >= 11 is 0. The number of phenols is 1. The van der Waals surface area contributed by atoms with Gasteiger partial charge in [-0.3, -0.25) is 4.55 Å². The maximum absolute atomic E-state index is 11.7. The number of aromatic hydroxyl groups is 1. The third-order valence-corrected chi connectivity index (χ3v) is 10.6. The van der Waals surface area contributed by atoms with E-state index in [-0.39, 0.29) is 65.6 Å². The van der Waals surface area contributed by atoms with Crippen molar-refractivity contribution in [3.63, 3.8) is 0 Å². The molecule has 2 N–H and O–H groups in total. The van der Waals surface area contributed by atoms with Gasteiger partial charge in [0.15, 0.2) is 0 Å². The Labute approximate surface area is 357 Å². The van der Waals surface area contributed by atoms with E-state index in [1.54, 1.807) is 24.3 Å². The SMILES string of the molecule is CCCCCCCCCc1cc(O)ccc1Oc1ccccc1S(=O)(=O)O.CCCCCCCCCc1cc([O-])ccc1Oc1ccccc1S(=O)(=O)[O-].[Ca+2]. The van der Waals surface area contributed by atoms with Crippen LogP contribution >= 0.6 is 0 Å². The summed E-state index contributed by atoms with van der Waals surface area (Å²) in [7, 11) is -9.02. The Balaban J connectivity index is 0.000000373. The second-order valence-electron chi connectivity index (χ2n) is 13.3. The molecule has 10 nitrogen and oxygen atoms in total. The minimum Gasteiger partial charge on any atom is -0.872 e. The van der Waals surface area contributed by atoms with Gasteiger partial charge in [-0.1, -0.05) is 127 Å². The normalized spacial score (nSPS) is 11.3. The summed E-state index contributed by atoms with van der Waals surface area (Å²) < 4.78 is 78.2. The van der Waals surface area contributed by atoms with Gasteiger partial charge in [-0.15, -0.1) is 5.75 Å². The summed E-state index contributed by atoms with van der Waals surface area (Å²) in [4.78, 5) is -0.682. The van der Waals surface area contributed by atoms with Crippen molar-refractivity contribution in [2.45, 2.75) is 126 Å². The zero-order valence-corrected chi connectivity index (χ0v) is 35.9. The van der Waals surface area contributed by atoms with Crippen LogP contribution in [0.15, 0.2) is 94.7 Å². The molecule has 0 aliphatic heterocycles. The molecular formula is C42H54CaO10S2. The molecule has 4 aromatic rings. The molecule has 0 fully saturated rings. The average molecular weight is 823 g/mol. The maximum atomic E-state index is 11.7. The second-order valence-corrected chi connectivity index (χ2v) is 16.1. The number of hydrogen-bond acceptors (Lipinski definition) is 9. The van der Waals surface area contributed by atoms with Gasteiger partial charge in [-0.05, 0) is 85.3 Å². The van der Waals surface area contributed by atoms with Crippen LogP contribution < -0.4 is 14.6 Å². The predicted molar refractivity (Wildman–Crippen MR) is 214 cm³/mol. The third kappa shape index (κ3) is 17.9. The summed E-state index contributed by atoms with van der Waals surface area (Å²) in [5.74, 6) is 0.957. The first-order valence-corrected chi connectivity index (χ1v) is 21.8. The Bertz CT molecular complexity index is 1810. The van der Waals surface area contributed by atoms with Crippen molar-refractivity contribution in [2.24, 2.45) is 0 Å². The largest absolute Gasteiger partial charge is 2.00 e. The molecule has 0 bridgehead atoms. The van der Waals surface area contributed by atoms with E-state index >= 15 is 0 Å². The van der Waals surface area contributed by atoms with Crippen LogP contribution in [0.3, 0.4) is 0 Å². The predicted octanol–water partition coefficient (Wildman–Crippen LogP) is 10.1. The standard InChI is InChI=1S/2C21H28O5S.Ca/c2*1-2-3-4-5-6-7-8-11-17-16-18(22)14-15-19(17)26-20-12-9-10-13-21(20)27(23,24)25;/h2*9-10,12-16,22H,2-8,11H2,1H3,(H,23,24,25);/q;;+2/p-2. The van der Waals surface area contributed by atoms with E-state index in [0.29, 0.717) is 17.9 Å². The van der Waals surface area contributed by atoms with Crippen LogP contribution in [0.4, 0.5) is 0 Å². The van der Waals surface area contributed by atoms with Gasteiger partial charge in [0.1, 0.15) is 43.8 Å². The molecular weight excluding hydrogens is 769 g/mol. The fourth-order valence-electron chi connectivity index (χ4n) is 5.98. The molecule has 296 valence electrons.